The highest BCUT2D eigenvalue weighted by molar-refractivity contribution is 5.64. The van der Waals surface area contributed by atoms with Gasteiger partial charge in [0.25, 0.3) is 5.88 Å². The number of anilines is 1. The molecule has 1 atom stereocenters. The second kappa shape index (κ2) is 8.94. The highest BCUT2D eigenvalue weighted by atomic mass is 16.5. The van der Waals surface area contributed by atoms with E-state index in [4.69, 9.17) is 14.2 Å². The molecule has 0 spiro atoms. The number of methoxy groups -OCH3 is 2. The zero-order chi connectivity index (χ0) is 20.9. The lowest BCUT2D eigenvalue weighted by atomic mass is 9.97. The Hall–Kier alpha value is -3.42. The van der Waals surface area contributed by atoms with Gasteiger partial charge in [-0.25, -0.2) is 15.0 Å². The minimum absolute atomic E-state index is 0.351. The number of nitrogens with one attached hydrogen (secondary N) is 1. The van der Waals surface area contributed by atoms with Gasteiger partial charge in [0.05, 0.1) is 32.2 Å². The molecular weight excluding hydrogens is 382 g/mol. The summed E-state index contributed by atoms with van der Waals surface area (Å²) >= 11 is 0. The first kappa shape index (κ1) is 19.9. The van der Waals surface area contributed by atoms with E-state index in [1.165, 1.54) is 5.56 Å². The van der Waals surface area contributed by atoms with Gasteiger partial charge in [0.2, 0.25) is 0 Å². The molecule has 1 aliphatic rings. The van der Waals surface area contributed by atoms with Gasteiger partial charge in [-0.3, -0.25) is 4.98 Å². The summed E-state index contributed by atoms with van der Waals surface area (Å²) in [6, 6.07) is 5.81. The van der Waals surface area contributed by atoms with Crippen LogP contribution in [0.3, 0.4) is 0 Å². The molecule has 0 amide bonds. The molecule has 1 N–H and O–H groups in total. The van der Waals surface area contributed by atoms with E-state index in [1.807, 2.05) is 18.3 Å². The molecule has 0 aliphatic carbocycles. The average molecular weight is 407 g/mol. The Kier molecular flexibility index (Phi) is 5.92. The van der Waals surface area contributed by atoms with Crippen LogP contribution in [0.1, 0.15) is 30.5 Å². The molecule has 4 rings (SSSR count). The minimum Gasteiger partial charge on any atom is -0.491 e. The standard InChI is InChI=1S/C22H25N5O3/c1-14(16-5-8-23-17-6-9-30-21(16)17)4-7-24-20-11-18(26-13-27-20)15-10-19(28-2)22(29-3)25-12-15/h5,8,10-14H,4,6-7,9H2,1-3H3,(H,24,26,27). The summed E-state index contributed by atoms with van der Waals surface area (Å²) in [5, 5.41) is 3.39. The summed E-state index contributed by atoms with van der Waals surface area (Å²) in [7, 11) is 3.14. The van der Waals surface area contributed by atoms with Crippen molar-refractivity contribution in [3.63, 3.8) is 0 Å². The van der Waals surface area contributed by atoms with Crippen LogP contribution >= 0.6 is 0 Å². The molecule has 0 saturated heterocycles. The van der Waals surface area contributed by atoms with E-state index in [0.29, 0.717) is 17.5 Å². The Morgan fingerprint density at radius 1 is 1.13 bits per heavy atom. The van der Waals surface area contributed by atoms with Gasteiger partial charge in [-0.05, 0) is 24.5 Å². The lowest BCUT2D eigenvalue weighted by Gasteiger charge is -2.15. The number of pyridine rings is 2. The van der Waals surface area contributed by atoms with Crippen molar-refractivity contribution in [1.29, 1.82) is 0 Å². The average Bonchev–Trinajstić information content (AvgIpc) is 3.27. The van der Waals surface area contributed by atoms with E-state index in [1.54, 1.807) is 26.7 Å². The monoisotopic (exact) mass is 407 g/mol. The first-order chi connectivity index (χ1) is 14.7. The molecule has 0 saturated carbocycles. The number of rotatable bonds is 8. The van der Waals surface area contributed by atoms with Gasteiger partial charge in [0, 0.05) is 42.6 Å². The molecular formula is C22H25N5O3. The molecule has 0 radical (unpaired) electrons. The maximum absolute atomic E-state index is 5.79. The predicted octanol–water partition coefficient (Wildman–Crippen LogP) is 3.49. The van der Waals surface area contributed by atoms with E-state index in [9.17, 15) is 0 Å². The van der Waals surface area contributed by atoms with Crippen LogP contribution in [0, 0.1) is 0 Å². The van der Waals surface area contributed by atoms with Gasteiger partial charge in [0.1, 0.15) is 17.9 Å². The maximum atomic E-state index is 5.79. The Labute approximate surface area is 175 Å². The largest absolute Gasteiger partial charge is 0.491 e. The van der Waals surface area contributed by atoms with Crippen molar-refractivity contribution in [3.8, 4) is 28.6 Å². The third-order valence-corrected chi connectivity index (χ3v) is 5.20. The summed E-state index contributed by atoms with van der Waals surface area (Å²) in [6.07, 6.45) is 6.96. The molecule has 0 bridgehead atoms. The highest BCUT2D eigenvalue weighted by Crippen LogP contribution is 2.34. The van der Waals surface area contributed by atoms with Crippen molar-refractivity contribution < 1.29 is 14.2 Å². The van der Waals surface area contributed by atoms with Crippen LogP contribution in [0.25, 0.3) is 11.3 Å². The first-order valence-corrected chi connectivity index (χ1v) is 9.94. The number of hydrogen-bond acceptors (Lipinski definition) is 8. The van der Waals surface area contributed by atoms with Gasteiger partial charge in [0.15, 0.2) is 5.75 Å². The Morgan fingerprint density at radius 2 is 2.03 bits per heavy atom. The van der Waals surface area contributed by atoms with E-state index < -0.39 is 0 Å². The van der Waals surface area contributed by atoms with Crippen molar-refractivity contribution in [2.75, 3.05) is 32.7 Å². The van der Waals surface area contributed by atoms with Crippen LogP contribution in [0.4, 0.5) is 5.82 Å². The third kappa shape index (κ3) is 4.12. The molecule has 1 aliphatic heterocycles. The van der Waals surface area contributed by atoms with Crippen molar-refractivity contribution >= 4 is 5.82 Å². The highest BCUT2D eigenvalue weighted by Gasteiger charge is 2.20. The predicted molar refractivity (Wildman–Crippen MR) is 113 cm³/mol. The topological polar surface area (TPSA) is 91.3 Å². The van der Waals surface area contributed by atoms with Crippen molar-refractivity contribution in [3.05, 3.63) is 48.2 Å². The molecule has 3 aromatic rings. The van der Waals surface area contributed by atoms with Crippen LogP contribution in [-0.2, 0) is 6.42 Å². The molecule has 0 fully saturated rings. The summed E-state index contributed by atoms with van der Waals surface area (Å²) in [6.45, 7) is 3.71. The molecule has 8 nitrogen and oxygen atoms in total. The molecule has 1 unspecified atom stereocenters. The zero-order valence-corrected chi connectivity index (χ0v) is 17.4. The lowest BCUT2D eigenvalue weighted by Crippen LogP contribution is -2.08. The number of fused-ring (bicyclic) bond motifs is 1. The van der Waals surface area contributed by atoms with Crippen LogP contribution in [0.5, 0.6) is 17.4 Å². The van der Waals surface area contributed by atoms with Crippen molar-refractivity contribution in [2.45, 2.75) is 25.7 Å². The fourth-order valence-corrected chi connectivity index (χ4v) is 3.55. The van der Waals surface area contributed by atoms with Gasteiger partial charge < -0.3 is 19.5 Å². The maximum Gasteiger partial charge on any atom is 0.256 e. The molecule has 156 valence electrons. The number of hydrogen-bond donors (Lipinski definition) is 1. The number of aromatic nitrogens is 4. The minimum atomic E-state index is 0.351. The van der Waals surface area contributed by atoms with Crippen LogP contribution in [0.15, 0.2) is 36.9 Å². The lowest BCUT2D eigenvalue weighted by molar-refractivity contribution is 0.343. The van der Waals surface area contributed by atoms with Gasteiger partial charge in [-0.2, -0.15) is 0 Å². The fourth-order valence-electron chi connectivity index (χ4n) is 3.55. The van der Waals surface area contributed by atoms with Gasteiger partial charge in [-0.15, -0.1) is 0 Å². The summed E-state index contributed by atoms with van der Waals surface area (Å²) in [5.74, 6) is 3.08. The van der Waals surface area contributed by atoms with E-state index in [0.717, 1.165) is 54.5 Å². The van der Waals surface area contributed by atoms with Crippen molar-refractivity contribution in [1.82, 2.24) is 19.9 Å². The number of nitrogens with zero attached hydrogens (tertiary/aromatic N) is 4. The van der Waals surface area contributed by atoms with E-state index >= 15 is 0 Å². The summed E-state index contributed by atoms with van der Waals surface area (Å²) < 4.78 is 16.3. The first-order valence-electron chi connectivity index (χ1n) is 9.94. The second-order valence-corrected chi connectivity index (χ2v) is 7.11. The van der Waals surface area contributed by atoms with Crippen LogP contribution < -0.4 is 19.5 Å². The molecule has 8 heteroatoms. The second-order valence-electron chi connectivity index (χ2n) is 7.11. The smallest absolute Gasteiger partial charge is 0.256 e. The Balaban J connectivity index is 1.41. The molecule has 30 heavy (non-hydrogen) atoms. The van der Waals surface area contributed by atoms with Gasteiger partial charge >= 0.3 is 0 Å². The van der Waals surface area contributed by atoms with Crippen LogP contribution in [-0.4, -0.2) is 47.3 Å². The third-order valence-electron chi connectivity index (χ3n) is 5.20. The van der Waals surface area contributed by atoms with E-state index in [-0.39, 0.29) is 0 Å². The number of ether oxygens (including phenoxy) is 3. The summed E-state index contributed by atoms with van der Waals surface area (Å²) in [5.41, 5.74) is 3.88. The van der Waals surface area contributed by atoms with Crippen molar-refractivity contribution in [2.24, 2.45) is 0 Å². The van der Waals surface area contributed by atoms with Crippen LogP contribution in [0.2, 0.25) is 0 Å². The zero-order valence-electron chi connectivity index (χ0n) is 17.4. The molecule has 0 aromatic carbocycles. The Bertz CT molecular complexity index is 1030. The molecule has 4 heterocycles. The normalized spacial score (nSPS) is 13.3. The van der Waals surface area contributed by atoms with Gasteiger partial charge in [-0.1, -0.05) is 6.92 Å². The Morgan fingerprint density at radius 3 is 2.87 bits per heavy atom. The quantitative estimate of drug-likeness (QED) is 0.607. The summed E-state index contributed by atoms with van der Waals surface area (Å²) in [4.78, 5) is 17.4. The van der Waals surface area contributed by atoms with E-state index in [2.05, 4.69) is 38.2 Å². The fraction of sp³-hybridized carbons (Fsp3) is 0.364. The molecule has 3 aromatic heterocycles. The SMILES string of the molecule is COc1cc(-c2cc(NCCC(C)c3ccnc4c3OCC4)ncn2)cnc1OC.